The van der Waals surface area contributed by atoms with Gasteiger partial charge in [-0.05, 0) is 77.9 Å². The van der Waals surface area contributed by atoms with Gasteiger partial charge in [0.2, 0.25) is 7.41 Å². The Labute approximate surface area is 208 Å². The molecule has 3 rings (SSSR count). The van der Waals surface area contributed by atoms with Crippen molar-refractivity contribution in [3.8, 4) is 0 Å². The lowest BCUT2D eigenvalue weighted by Gasteiger charge is -2.36. The molecule has 1 N–H and O–H groups in total. The van der Waals surface area contributed by atoms with Crippen LogP contribution in [0.15, 0.2) is 91.0 Å². The van der Waals surface area contributed by atoms with Gasteiger partial charge in [-0.25, -0.2) is 9.59 Å². The van der Waals surface area contributed by atoms with Gasteiger partial charge in [0.1, 0.15) is 27.1 Å². The Morgan fingerprint density at radius 1 is 0.629 bits per heavy atom. The van der Waals surface area contributed by atoms with Crippen LogP contribution >= 0.6 is 7.41 Å². The van der Waals surface area contributed by atoms with Gasteiger partial charge in [-0.2, -0.15) is 5.43 Å². The lowest BCUT2D eigenvalue weighted by atomic mass is 10.2. The molecule has 0 aliphatic rings. The normalized spacial score (nSPS) is 11.9. The molecule has 3 aromatic carbocycles. The number of ether oxygens (including phenoxy) is 2. The van der Waals surface area contributed by atoms with Gasteiger partial charge in [0.15, 0.2) is 0 Å². The maximum atomic E-state index is 13.9. The Morgan fingerprint density at radius 3 is 1.29 bits per heavy atom. The van der Waals surface area contributed by atoms with Gasteiger partial charge in [-0.1, -0.05) is 59.4 Å². The topological polar surface area (TPSA) is 67.9 Å². The summed E-state index contributed by atoms with van der Waals surface area (Å²) in [6.45, 7) is 10.7. The van der Waals surface area contributed by atoms with Gasteiger partial charge >= 0.3 is 12.2 Å². The number of rotatable bonds is 4. The zero-order valence-electron chi connectivity index (χ0n) is 21.2. The monoisotopic (exact) mass is 493 g/mol. The summed E-state index contributed by atoms with van der Waals surface area (Å²) in [7, 11) is -2.98. The first-order valence-electron chi connectivity index (χ1n) is 11.5. The smallest absolute Gasteiger partial charge is 0.443 e. The molecule has 0 aliphatic carbocycles. The summed E-state index contributed by atoms with van der Waals surface area (Å²) in [5.41, 5.74) is 1.24. The molecule has 0 saturated carbocycles. The van der Waals surface area contributed by atoms with Crippen molar-refractivity contribution in [3.05, 3.63) is 91.0 Å². The highest BCUT2D eigenvalue weighted by molar-refractivity contribution is 7.94. The molecule has 0 spiro atoms. The third kappa shape index (κ3) is 6.40. The van der Waals surface area contributed by atoms with Crippen molar-refractivity contribution in [1.82, 2.24) is 10.2 Å². The molecule has 6 nitrogen and oxygen atoms in total. The van der Waals surface area contributed by atoms with Crippen molar-refractivity contribution < 1.29 is 19.1 Å². The van der Waals surface area contributed by atoms with Crippen molar-refractivity contribution in [2.45, 2.75) is 52.7 Å². The first kappa shape index (κ1) is 26.2. The Kier molecular flexibility index (Phi) is 7.86. The predicted octanol–water partition coefficient (Wildman–Crippen LogP) is 5.57. The van der Waals surface area contributed by atoms with Crippen LogP contribution in [0.1, 0.15) is 41.5 Å². The lowest BCUT2D eigenvalue weighted by molar-refractivity contribution is 0.0197. The van der Waals surface area contributed by atoms with Gasteiger partial charge < -0.3 is 9.47 Å². The SMILES string of the molecule is CC(C)(C)OC(=O)NN(C(=O)OC(C)(C)C)[P+](c1ccccc1)(c1ccccc1)c1ccccc1. The van der Waals surface area contributed by atoms with Gasteiger partial charge in [0, 0.05) is 0 Å². The van der Waals surface area contributed by atoms with E-state index in [0.717, 1.165) is 15.9 Å². The molecular formula is C28H34N2O4P+. The standard InChI is InChI=1S/C28H33N2O4P/c1-27(2,3)33-25(31)29-30(26(32)34-28(4,5)6)35(22-16-10-7-11-17-22,23-18-12-8-13-19-23)24-20-14-9-15-21-24/h7-21H,1-6H3/p+1. The number of carbonyl (C=O) groups excluding carboxylic acids is 2. The summed E-state index contributed by atoms with van der Waals surface area (Å²) in [4.78, 5) is 27.0. The van der Waals surface area contributed by atoms with Crippen LogP contribution in [0.2, 0.25) is 0 Å². The number of benzene rings is 3. The largest absolute Gasteiger partial charge is 0.463 e. The lowest BCUT2D eigenvalue weighted by Crippen LogP contribution is -2.55. The number of hydrogen-bond acceptors (Lipinski definition) is 4. The number of hydrazine groups is 1. The second-order valence-electron chi connectivity index (χ2n) is 10.0. The van der Waals surface area contributed by atoms with E-state index in [1.165, 1.54) is 4.78 Å². The summed E-state index contributed by atoms with van der Waals surface area (Å²) in [6, 6.07) is 29.2. The average molecular weight is 494 g/mol. The Morgan fingerprint density at radius 2 is 0.971 bits per heavy atom. The van der Waals surface area contributed by atoms with Gasteiger partial charge in [-0.15, -0.1) is 0 Å². The number of hydrogen-bond donors (Lipinski definition) is 1. The van der Waals surface area contributed by atoms with E-state index in [9.17, 15) is 9.59 Å². The Balaban J connectivity index is 2.35. The zero-order chi connectivity index (χ0) is 25.7. The molecule has 0 aromatic heterocycles. The summed E-state index contributed by atoms with van der Waals surface area (Å²) in [6.07, 6.45) is -1.41. The van der Waals surface area contributed by atoms with Gasteiger partial charge in [0.05, 0.1) is 0 Å². The summed E-state index contributed by atoms with van der Waals surface area (Å²) in [5, 5.41) is 2.62. The second kappa shape index (κ2) is 10.5. The van der Waals surface area contributed by atoms with E-state index < -0.39 is 30.8 Å². The van der Waals surface area contributed by atoms with Crippen LogP contribution in [0.3, 0.4) is 0 Å². The van der Waals surface area contributed by atoms with Crippen LogP contribution in [0, 0.1) is 0 Å². The molecule has 0 heterocycles. The molecule has 0 bridgehead atoms. The van der Waals surface area contributed by atoms with Crippen LogP contribution in [-0.2, 0) is 9.47 Å². The van der Waals surface area contributed by atoms with Crippen molar-refractivity contribution in [1.29, 1.82) is 0 Å². The van der Waals surface area contributed by atoms with Crippen molar-refractivity contribution in [2.75, 3.05) is 0 Å². The molecule has 35 heavy (non-hydrogen) atoms. The zero-order valence-corrected chi connectivity index (χ0v) is 22.1. The highest BCUT2D eigenvalue weighted by Gasteiger charge is 2.57. The average Bonchev–Trinajstić information content (AvgIpc) is 2.79. The quantitative estimate of drug-likeness (QED) is 0.381. The van der Waals surface area contributed by atoms with E-state index in [1.54, 1.807) is 41.5 Å². The molecule has 2 amide bonds. The molecule has 3 aromatic rings. The van der Waals surface area contributed by atoms with Crippen molar-refractivity contribution in [3.63, 3.8) is 0 Å². The molecule has 0 radical (unpaired) electrons. The highest BCUT2D eigenvalue weighted by Crippen LogP contribution is 2.58. The van der Waals surface area contributed by atoms with E-state index in [2.05, 4.69) is 5.43 Å². The summed E-state index contributed by atoms with van der Waals surface area (Å²) >= 11 is 0. The van der Waals surface area contributed by atoms with E-state index >= 15 is 0 Å². The second-order valence-corrected chi connectivity index (χ2v) is 13.3. The maximum Gasteiger partial charge on any atom is 0.463 e. The number of nitrogens with one attached hydrogen (secondary N) is 1. The summed E-state index contributed by atoms with van der Waals surface area (Å²) in [5.74, 6) is 0. The third-order valence-electron chi connectivity index (χ3n) is 4.85. The fourth-order valence-electron chi connectivity index (χ4n) is 3.66. The first-order chi connectivity index (χ1) is 16.4. The molecule has 0 atom stereocenters. The molecular weight excluding hydrogens is 459 g/mol. The maximum absolute atomic E-state index is 13.9. The van der Waals surface area contributed by atoms with E-state index in [-0.39, 0.29) is 0 Å². The highest BCUT2D eigenvalue weighted by atomic mass is 31.2. The van der Waals surface area contributed by atoms with Crippen molar-refractivity contribution in [2.24, 2.45) is 0 Å². The predicted molar refractivity (Wildman–Crippen MR) is 143 cm³/mol. The first-order valence-corrected chi connectivity index (χ1v) is 13.3. The molecule has 0 fully saturated rings. The molecule has 0 aliphatic heterocycles. The number of nitrogens with zero attached hydrogens (tertiary/aromatic N) is 1. The van der Waals surface area contributed by atoms with E-state index in [0.29, 0.717) is 0 Å². The minimum atomic E-state index is -2.98. The minimum absolute atomic E-state index is 0.673. The fourth-order valence-corrected chi connectivity index (χ4v) is 7.58. The molecule has 0 saturated heterocycles. The summed E-state index contributed by atoms with van der Waals surface area (Å²) < 4.78 is 12.8. The molecule has 184 valence electrons. The fraction of sp³-hybridized carbons (Fsp3) is 0.286. The van der Waals surface area contributed by atoms with Gasteiger partial charge in [-0.3, -0.25) is 0 Å². The van der Waals surface area contributed by atoms with Gasteiger partial charge in [0.25, 0.3) is 0 Å². The Hall–Kier alpha value is -3.37. The number of carbonyl (C=O) groups is 2. The van der Waals surface area contributed by atoms with E-state index in [1.807, 2.05) is 91.0 Å². The van der Waals surface area contributed by atoms with E-state index in [4.69, 9.17) is 9.47 Å². The Bertz CT molecular complexity index is 1030. The number of amides is 2. The van der Waals surface area contributed by atoms with Crippen LogP contribution in [0.25, 0.3) is 0 Å². The minimum Gasteiger partial charge on any atom is -0.443 e. The van der Waals surface area contributed by atoms with Crippen LogP contribution in [0.5, 0.6) is 0 Å². The molecule has 7 heteroatoms. The van der Waals surface area contributed by atoms with Crippen LogP contribution < -0.4 is 21.3 Å². The van der Waals surface area contributed by atoms with Crippen LogP contribution in [0.4, 0.5) is 9.59 Å². The molecule has 0 unspecified atom stereocenters. The third-order valence-corrected chi connectivity index (χ3v) is 8.85. The van der Waals surface area contributed by atoms with Crippen molar-refractivity contribution >= 4 is 35.5 Å². The van der Waals surface area contributed by atoms with Crippen LogP contribution in [-0.4, -0.2) is 28.2 Å².